The largest absolute Gasteiger partial charge is 0.390 e. The van der Waals surface area contributed by atoms with Gasteiger partial charge in [-0.25, -0.2) is 15.0 Å². The van der Waals surface area contributed by atoms with Crippen LogP contribution in [0.15, 0.2) is 36.5 Å². The number of fused-ring (bicyclic) bond motifs is 1. The molecule has 2 aliphatic rings. The van der Waals surface area contributed by atoms with Crippen molar-refractivity contribution in [1.29, 1.82) is 0 Å². The Labute approximate surface area is 193 Å². The first-order chi connectivity index (χ1) is 15.4. The molecule has 3 N–H and O–H groups in total. The van der Waals surface area contributed by atoms with Crippen LogP contribution in [0, 0.1) is 12.3 Å². The minimum Gasteiger partial charge on any atom is -0.390 e. The van der Waals surface area contributed by atoms with Crippen molar-refractivity contribution in [2.75, 3.05) is 23.7 Å². The lowest BCUT2D eigenvalue weighted by atomic mass is 9.70. The summed E-state index contributed by atoms with van der Waals surface area (Å²) in [7, 11) is 0. The summed E-state index contributed by atoms with van der Waals surface area (Å²) in [6.07, 6.45) is 4.96. The van der Waals surface area contributed by atoms with Crippen molar-refractivity contribution in [3.8, 4) is 11.3 Å². The van der Waals surface area contributed by atoms with E-state index in [1.54, 1.807) is 12.3 Å². The molecule has 0 bridgehead atoms. The van der Waals surface area contributed by atoms with Gasteiger partial charge in [-0.15, -0.1) is 0 Å². The minimum atomic E-state index is -0.183. The van der Waals surface area contributed by atoms with Crippen molar-refractivity contribution in [2.24, 2.45) is 5.41 Å². The van der Waals surface area contributed by atoms with Gasteiger partial charge in [-0.1, -0.05) is 42.8 Å². The second kappa shape index (κ2) is 8.01. The van der Waals surface area contributed by atoms with Crippen LogP contribution < -0.4 is 10.6 Å². The second-order valence-electron chi connectivity index (χ2n) is 9.09. The van der Waals surface area contributed by atoms with E-state index in [9.17, 15) is 5.11 Å². The van der Waals surface area contributed by atoms with Gasteiger partial charge in [-0.2, -0.15) is 0 Å². The Morgan fingerprint density at radius 2 is 1.94 bits per heavy atom. The number of benzene rings is 1. The molecule has 3 heterocycles. The third kappa shape index (κ3) is 3.33. The number of hydrogen-bond donors (Lipinski definition) is 2. The predicted molar refractivity (Wildman–Crippen MR) is 128 cm³/mol. The van der Waals surface area contributed by atoms with E-state index in [0.29, 0.717) is 33.3 Å². The summed E-state index contributed by atoms with van der Waals surface area (Å²) in [5, 5.41) is 10.5. The summed E-state index contributed by atoms with van der Waals surface area (Å²) in [4.78, 5) is 15.9. The van der Waals surface area contributed by atoms with Crippen molar-refractivity contribution >= 4 is 23.2 Å². The normalized spacial score (nSPS) is 19.4. The molecule has 166 valence electrons. The number of aryl methyl sites for hydroxylation is 1. The quantitative estimate of drug-likeness (QED) is 0.611. The number of rotatable bonds is 3. The first-order valence-electron chi connectivity index (χ1n) is 11.1. The first kappa shape index (κ1) is 21.2. The van der Waals surface area contributed by atoms with Crippen LogP contribution in [0.25, 0.3) is 11.3 Å². The molecule has 1 aromatic carbocycles. The van der Waals surface area contributed by atoms with E-state index in [-0.39, 0.29) is 12.4 Å². The van der Waals surface area contributed by atoms with Gasteiger partial charge in [0.15, 0.2) is 5.82 Å². The molecule has 0 radical (unpaired) electrons. The summed E-state index contributed by atoms with van der Waals surface area (Å²) in [6, 6.07) is 10.6. The minimum absolute atomic E-state index is 0.183. The van der Waals surface area contributed by atoms with Crippen LogP contribution in [0.1, 0.15) is 48.2 Å². The van der Waals surface area contributed by atoms with Crippen LogP contribution >= 0.6 is 11.6 Å². The zero-order valence-electron chi connectivity index (χ0n) is 18.5. The lowest BCUT2D eigenvalue weighted by Gasteiger charge is -2.43. The number of nitrogens with zero attached hydrogens (tertiary/aromatic N) is 4. The van der Waals surface area contributed by atoms with Crippen molar-refractivity contribution in [3.05, 3.63) is 64.1 Å². The molecule has 1 aliphatic heterocycles. The van der Waals surface area contributed by atoms with Gasteiger partial charge in [0, 0.05) is 24.8 Å². The van der Waals surface area contributed by atoms with Crippen molar-refractivity contribution in [1.82, 2.24) is 15.0 Å². The summed E-state index contributed by atoms with van der Waals surface area (Å²) < 4.78 is 0. The zero-order chi connectivity index (χ0) is 22.5. The molecule has 5 rings (SSSR count). The number of halogens is 1. The molecule has 0 unspecified atom stereocenters. The van der Waals surface area contributed by atoms with Crippen LogP contribution in [0.3, 0.4) is 0 Å². The number of aliphatic hydroxyl groups is 1. The van der Waals surface area contributed by atoms with Gasteiger partial charge in [0.1, 0.15) is 11.5 Å². The number of aromatic nitrogens is 3. The SMILES string of the molecule is Cc1nc(N2CCC3(CC2)Cc2ccccc2[C@H]3C)c(CO)nc1-c1ccnc(N)c1Cl. The molecule has 0 saturated carbocycles. The van der Waals surface area contributed by atoms with Crippen molar-refractivity contribution in [3.63, 3.8) is 0 Å². The molecule has 1 aliphatic carbocycles. The maximum Gasteiger partial charge on any atom is 0.153 e. The fraction of sp³-hybridized carbons (Fsp3) is 0.400. The molecule has 1 spiro atoms. The topological polar surface area (TPSA) is 88.2 Å². The highest BCUT2D eigenvalue weighted by Crippen LogP contribution is 2.53. The van der Waals surface area contributed by atoms with Gasteiger partial charge in [-0.05, 0) is 54.7 Å². The van der Waals surface area contributed by atoms with Crippen LogP contribution in [0.2, 0.25) is 5.02 Å². The molecule has 1 atom stereocenters. The lowest BCUT2D eigenvalue weighted by Crippen LogP contribution is -2.42. The second-order valence-corrected chi connectivity index (χ2v) is 9.47. The number of piperidine rings is 1. The van der Waals surface area contributed by atoms with Gasteiger partial charge in [-0.3, -0.25) is 0 Å². The number of nitrogen functional groups attached to an aromatic ring is 1. The molecule has 1 fully saturated rings. The highest BCUT2D eigenvalue weighted by atomic mass is 35.5. The molecule has 6 nitrogen and oxygen atoms in total. The summed E-state index contributed by atoms with van der Waals surface area (Å²) in [5.41, 5.74) is 11.8. The van der Waals surface area contributed by atoms with E-state index < -0.39 is 0 Å². The third-order valence-electron chi connectivity index (χ3n) is 7.48. The smallest absolute Gasteiger partial charge is 0.153 e. The third-order valence-corrected chi connectivity index (χ3v) is 7.88. The average molecular weight is 450 g/mol. The molecular formula is C25H28ClN5O. The zero-order valence-corrected chi connectivity index (χ0v) is 19.2. The number of anilines is 2. The van der Waals surface area contributed by atoms with E-state index in [1.165, 1.54) is 11.1 Å². The molecule has 0 amide bonds. The summed E-state index contributed by atoms with van der Waals surface area (Å²) in [5.74, 6) is 1.59. The monoisotopic (exact) mass is 449 g/mol. The van der Waals surface area contributed by atoms with Gasteiger partial charge >= 0.3 is 0 Å². The van der Waals surface area contributed by atoms with Gasteiger partial charge in [0.2, 0.25) is 0 Å². The fourth-order valence-electron chi connectivity index (χ4n) is 5.55. The fourth-order valence-corrected chi connectivity index (χ4v) is 5.75. The van der Waals surface area contributed by atoms with Crippen LogP contribution in [0.5, 0.6) is 0 Å². The Bertz CT molecular complexity index is 1170. The average Bonchev–Trinajstić information content (AvgIpc) is 3.07. The first-order valence-corrected chi connectivity index (χ1v) is 11.5. The highest BCUT2D eigenvalue weighted by molar-refractivity contribution is 6.35. The van der Waals surface area contributed by atoms with Gasteiger partial charge in [0.05, 0.1) is 23.0 Å². The molecule has 3 aromatic rings. The number of pyridine rings is 1. The predicted octanol–water partition coefficient (Wildman–Crippen LogP) is 4.52. The van der Waals surface area contributed by atoms with Gasteiger partial charge in [0.25, 0.3) is 0 Å². The number of hydrogen-bond acceptors (Lipinski definition) is 6. The van der Waals surface area contributed by atoms with E-state index in [4.69, 9.17) is 27.3 Å². The van der Waals surface area contributed by atoms with Crippen LogP contribution in [0.4, 0.5) is 11.6 Å². The molecule has 32 heavy (non-hydrogen) atoms. The molecular weight excluding hydrogens is 422 g/mol. The Kier molecular flexibility index (Phi) is 5.30. The standard InChI is InChI=1S/C25H28ClN5O/c1-15-18-6-4-3-5-17(18)13-25(15)8-11-31(12-9-25)24-20(14-32)30-22(16(2)29-24)19-7-10-28-23(27)21(19)26/h3-7,10,15,32H,8-9,11-14H2,1-2H3,(H2,27,28)/t15-/m1/s1. The van der Waals surface area contributed by atoms with Crippen LogP contribution in [-0.2, 0) is 13.0 Å². The van der Waals surface area contributed by atoms with Gasteiger partial charge < -0.3 is 15.7 Å². The molecule has 2 aromatic heterocycles. The highest BCUT2D eigenvalue weighted by Gasteiger charge is 2.45. The Hall–Kier alpha value is -2.70. The Morgan fingerprint density at radius 3 is 2.66 bits per heavy atom. The summed E-state index contributed by atoms with van der Waals surface area (Å²) >= 11 is 6.38. The van der Waals surface area contributed by atoms with Crippen LogP contribution in [-0.4, -0.2) is 33.1 Å². The van der Waals surface area contributed by atoms with Crippen molar-refractivity contribution in [2.45, 2.75) is 45.6 Å². The maximum atomic E-state index is 10.1. The van der Waals surface area contributed by atoms with Crippen molar-refractivity contribution < 1.29 is 5.11 Å². The Balaban J connectivity index is 1.42. The summed E-state index contributed by atoms with van der Waals surface area (Å²) in [6.45, 7) is 5.92. The number of aliphatic hydroxyl groups excluding tert-OH is 1. The molecule has 1 saturated heterocycles. The molecule has 7 heteroatoms. The lowest BCUT2D eigenvalue weighted by molar-refractivity contribution is 0.193. The van der Waals surface area contributed by atoms with E-state index in [2.05, 4.69) is 41.1 Å². The van der Waals surface area contributed by atoms with E-state index >= 15 is 0 Å². The maximum absolute atomic E-state index is 10.1. The van der Waals surface area contributed by atoms with E-state index in [1.807, 2.05) is 6.92 Å². The Morgan fingerprint density at radius 1 is 1.19 bits per heavy atom. The number of nitrogens with two attached hydrogens (primary N) is 1. The van der Waals surface area contributed by atoms with E-state index in [0.717, 1.165) is 43.9 Å².